The van der Waals surface area contributed by atoms with Gasteiger partial charge in [0.25, 0.3) is 5.91 Å². The Bertz CT molecular complexity index is 1550. The molecule has 2 aromatic carbocycles. The Morgan fingerprint density at radius 2 is 1.73 bits per heavy atom. The molecule has 0 bridgehead atoms. The van der Waals surface area contributed by atoms with Gasteiger partial charge in [-0.25, -0.2) is 19.4 Å². The number of anilines is 2. The van der Waals surface area contributed by atoms with Gasteiger partial charge in [-0.15, -0.1) is 0 Å². The van der Waals surface area contributed by atoms with Crippen molar-refractivity contribution in [1.82, 2.24) is 30.0 Å². The van der Waals surface area contributed by atoms with E-state index >= 15 is 0 Å². The van der Waals surface area contributed by atoms with Crippen LogP contribution in [0.15, 0.2) is 54.7 Å². The number of carbonyl (C=O) groups excluding carboxylic acids is 2. The third-order valence-electron chi connectivity index (χ3n) is 7.73. The topological polar surface area (TPSA) is 118 Å². The molecule has 0 unspecified atom stereocenters. The van der Waals surface area contributed by atoms with Crippen molar-refractivity contribution in [3.8, 4) is 11.4 Å². The zero-order valence-corrected chi connectivity index (χ0v) is 23.3. The highest BCUT2D eigenvalue weighted by Gasteiger charge is 2.28. The number of carbonyl (C=O) groups is 2. The number of urea groups is 1. The van der Waals surface area contributed by atoms with Crippen LogP contribution in [0.5, 0.6) is 0 Å². The molecule has 2 N–H and O–H groups in total. The Morgan fingerprint density at radius 3 is 2.44 bits per heavy atom. The van der Waals surface area contributed by atoms with Crippen LogP contribution in [0.1, 0.15) is 34.8 Å². The van der Waals surface area contributed by atoms with Crippen LogP contribution < -0.4 is 15.5 Å². The number of benzene rings is 2. The second-order valence-corrected chi connectivity index (χ2v) is 10.5. The molecule has 0 atom stereocenters. The van der Waals surface area contributed by atoms with Crippen molar-refractivity contribution in [2.45, 2.75) is 25.8 Å². The lowest BCUT2D eigenvalue weighted by atomic mass is 10.0. The van der Waals surface area contributed by atoms with Crippen LogP contribution in [-0.2, 0) is 4.74 Å². The number of piperidine rings is 1. The minimum Gasteiger partial charge on any atom is -0.378 e. The van der Waals surface area contributed by atoms with Crippen molar-refractivity contribution >= 4 is 34.5 Å². The van der Waals surface area contributed by atoms with E-state index in [1.165, 1.54) is 0 Å². The summed E-state index contributed by atoms with van der Waals surface area (Å²) in [5, 5.41) is 11.0. The Hall–Kier alpha value is -4.51. The molecule has 212 valence electrons. The van der Waals surface area contributed by atoms with Crippen LogP contribution in [0.3, 0.4) is 0 Å². The van der Waals surface area contributed by atoms with Crippen molar-refractivity contribution in [1.29, 1.82) is 0 Å². The normalized spacial score (nSPS) is 16.1. The van der Waals surface area contributed by atoms with Gasteiger partial charge in [0.1, 0.15) is 5.82 Å². The molecular weight excluding hydrogens is 520 g/mol. The van der Waals surface area contributed by atoms with Gasteiger partial charge in [0.05, 0.1) is 30.8 Å². The molecule has 0 saturated carbocycles. The summed E-state index contributed by atoms with van der Waals surface area (Å²) >= 11 is 0. The Balaban J connectivity index is 1.29. The SMILES string of the molecule is CNC(=O)Nc1ccc(-c2nc(N3CCOCC3)c3cnn(C4CCN(C(=O)c5cccc(C)c5)CC4)c3n2)cc1. The predicted octanol–water partition coefficient (Wildman–Crippen LogP) is 3.87. The summed E-state index contributed by atoms with van der Waals surface area (Å²) in [4.78, 5) is 39.0. The van der Waals surface area contributed by atoms with Gasteiger partial charge in [-0.05, 0) is 56.2 Å². The fraction of sp³-hybridized carbons (Fsp3) is 0.367. The summed E-state index contributed by atoms with van der Waals surface area (Å²) in [6, 6.07) is 15.1. The lowest BCUT2D eigenvalue weighted by molar-refractivity contribution is 0.0691. The maximum atomic E-state index is 13.1. The van der Waals surface area contributed by atoms with Crippen LogP contribution in [0.2, 0.25) is 0 Å². The number of nitrogens with one attached hydrogen (secondary N) is 2. The minimum absolute atomic E-state index is 0.0750. The van der Waals surface area contributed by atoms with Gasteiger partial charge in [-0.1, -0.05) is 17.7 Å². The van der Waals surface area contributed by atoms with E-state index in [1.54, 1.807) is 7.05 Å². The summed E-state index contributed by atoms with van der Waals surface area (Å²) in [5.74, 6) is 1.52. The van der Waals surface area contributed by atoms with E-state index in [0.29, 0.717) is 37.8 Å². The number of aryl methyl sites for hydroxylation is 1. The van der Waals surface area contributed by atoms with Crippen molar-refractivity contribution in [2.75, 3.05) is 56.7 Å². The molecule has 0 radical (unpaired) electrons. The summed E-state index contributed by atoms with van der Waals surface area (Å²) in [6.45, 7) is 6.09. The first kappa shape index (κ1) is 26.7. The fourth-order valence-corrected chi connectivity index (χ4v) is 5.49. The van der Waals surface area contributed by atoms with Gasteiger partial charge >= 0.3 is 6.03 Å². The van der Waals surface area contributed by atoms with Crippen LogP contribution in [0.4, 0.5) is 16.3 Å². The van der Waals surface area contributed by atoms with Gasteiger partial charge in [0.15, 0.2) is 11.5 Å². The van der Waals surface area contributed by atoms with Crippen molar-refractivity contribution in [3.05, 3.63) is 65.9 Å². The van der Waals surface area contributed by atoms with E-state index in [4.69, 9.17) is 19.8 Å². The predicted molar refractivity (Wildman–Crippen MR) is 157 cm³/mol. The largest absolute Gasteiger partial charge is 0.378 e. The third kappa shape index (κ3) is 5.58. The highest BCUT2D eigenvalue weighted by molar-refractivity contribution is 5.94. The molecule has 2 aromatic heterocycles. The van der Waals surface area contributed by atoms with Gasteiger partial charge < -0.3 is 25.2 Å². The molecule has 3 amide bonds. The molecule has 6 rings (SSSR count). The van der Waals surface area contributed by atoms with Gasteiger partial charge in [-0.3, -0.25) is 4.79 Å². The summed E-state index contributed by atoms with van der Waals surface area (Å²) < 4.78 is 7.61. The fourth-order valence-electron chi connectivity index (χ4n) is 5.49. The van der Waals surface area contributed by atoms with Crippen molar-refractivity contribution < 1.29 is 14.3 Å². The van der Waals surface area contributed by atoms with E-state index in [9.17, 15) is 9.59 Å². The second-order valence-electron chi connectivity index (χ2n) is 10.5. The molecule has 11 heteroatoms. The monoisotopic (exact) mass is 554 g/mol. The van der Waals surface area contributed by atoms with Crippen molar-refractivity contribution in [2.24, 2.45) is 0 Å². The number of hydrogen-bond acceptors (Lipinski definition) is 7. The highest BCUT2D eigenvalue weighted by atomic mass is 16.5. The standard InChI is InChI=1S/C30H34N8O3/c1-20-4-3-5-22(18-20)29(39)37-12-10-24(11-13-37)38-28-25(19-32-38)27(36-14-16-41-17-15-36)34-26(35-28)21-6-8-23(9-7-21)33-30(40)31-2/h3-9,18-19,24H,10-17H2,1-2H3,(H2,31,33,40). The molecule has 0 aliphatic carbocycles. The smallest absolute Gasteiger partial charge is 0.318 e. The summed E-state index contributed by atoms with van der Waals surface area (Å²) in [6.07, 6.45) is 3.45. The summed E-state index contributed by atoms with van der Waals surface area (Å²) in [5.41, 5.74) is 4.12. The average Bonchev–Trinajstić information content (AvgIpc) is 3.45. The minimum atomic E-state index is -0.277. The molecule has 2 saturated heterocycles. The lowest BCUT2D eigenvalue weighted by Gasteiger charge is -2.32. The number of fused-ring (bicyclic) bond motifs is 1. The van der Waals surface area contributed by atoms with Crippen LogP contribution in [0.25, 0.3) is 22.4 Å². The van der Waals surface area contributed by atoms with Gasteiger partial charge in [0.2, 0.25) is 0 Å². The quantitative estimate of drug-likeness (QED) is 0.385. The molecule has 0 spiro atoms. The molecular formula is C30H34N8O3. The molecule has 4 heterocycles. The molecule has 2 fully saturated rings. The van der Waals surface area contributed by atoms with Gasteiger partial charge in [-0.2, -0.15) is 5.10 Å². The number of nitrogens with zero attached hydrogens (tertiary/aromatic N) is 6. The van der Waals surface area contributed by atoms with Crippen molar-refractivity contribution in [3.63, 3.8) is 0 Å². The zero-order valence-electron chi connectivity index (χ0n) is 23.3. The maximum absolute atomic E-state index is 13.1. The number of aromatic nitrogens is 4. The molecule has 11 nitrogen and oxygen atoms in total. The molecule has 4 aromatic rings. The number of rotatable bonds is 5. The first-order valence-corrected chi connectivity index (χ1v) is 14.0. The molecule has 2 aliphatic heterocycles. The van der Waals surface area contributed by atoms with E-state index in [0.717, 1.165) is 59.5 Å². The third-order valence-corrected chi connectivity index (χ3v) is 7.73. The molecule has 2 aliphatic rings. The number of morpholine rings is 1. The number of ether oxygens (including phenoxy) is 1. The molecule has 41 heavy (non-hydrogen) atoms. The van der Waals surface area contributed by atoms with Crippen LogP contribution in [0, 0.1) is 6.92 Å². The van der Waals surface area contributed by atoms with E-state index < -0.39 is 0 Å². The van der Waals surface area contributed by atoms with E-state index in [-0.39, 0.29) is 18.0 Å². The number of likely N-dealkylation sites (tertiary alicyclic amines) is 1. The number of amides is 3. The van der Waals surface area contributed by atoms with Crippen LogP contribution in [-0.4, -0.2) is 83.0 Å². The van der Waals surface area contributed by atoms with Gasteiger partial charge in [0, 0.05) is 50.0 Å². The Kier molecular flexibility index (Phi) is 7.51. The Morgan fingerprint density at radius 1 is 0.976 bits per heavy atom. The highest BCUT2D eigenvalue weighted by Crippen LogP contribution is 2.32. The van der Waals surface area contributed by atoms with Crippen LogP contribution >= 0.6 is 0 Å². The van der Waals surface area contributed by atoms with E-state index in [1.807, 2.05) is 71.2 Å². The average molecular weight is 555 g/mol. The lowest BCUT2D eigenvalue weighted by Crippen LogP contribution is -2.39. The zero-order chi connectivity index (χ0) is 28.3. The first-order chi connectivity index (χ1) is 20.0. The van der Waals surface area contributed by atoms with E-state index in [2.05, 4.69) is 15.5 Å². The second kappa shape index (κ2) is 11.5. The first-order valence-electron chi connectivity index (χ1n) is 14.0. The Labute approximate surface area is 238 Å². The number of hydrogen-bond donors (Lipinski definition) is 2. The maximum Gasteiger partial charge on any atom is 0.318 e. The summed E-state index contributed by atoms with van der Waals surface area (Å²) in [7, 11) is 1.58.